The first kappa shape index (κ1) is 73.5. The molecule has 1 atom stereocenters. The van der Waals surface area contributed by atoms with Crippen LogP contribution >= 0.6 is 0 Å². The molecule has 0 bridgehead atoms. The Hall–Kier alpha value is -5.49. The fourth-order valence-corrected chi connectivity index (χ4v) is 7.81. The second kappa shape index (κ2) is 65.0. The number of carbonyl (C=O) groups is 3. The van der Waals surface area contributed by atoms with E-state index < -0.39 is 6.10 Å². The van der Waals surface area contributed by atoms with Gasteiger partial charge >= 0.3 is 17.9 Å². The minimum atomic E-state index is -0.823. The summed E-state index contributed by atoms with van der Waals surface area (Å²) in [6.07, 6.45) is 97.4. The number of allylic oxidation sites excluding steroid dienone is 30. The minimum absolute atomic E-state index is 0.117. The number of hydrogen-bond acceptors (Lipinski definition) is 6. The number of ether oxygens (including phenoxy) is 3. The van der Waals surface area contributed by atoms with E-state index in [0.29, 0.717) is 12.8 Å². The highest BCUT2D eigenvalue weighted by molar-refractivity contribution is 5.71. The molecule has 440 valence electrons. The van der Waals surface area contributed by atoms with Crippen LogP contribution in [0.2, 0.25) is 0 Å². The Balaban J connectivity index is 4.56. The fourth-order valence-electron chi connectivity index (χ4n) is 7.81. The van der Waals surface area contributed by atoms with Crippen molar-refractivity contribution in [3.63, 3.8) is 0 Å². The molecule has 0 aliphatic carbocycles. The number of unbranched alkanes of at least 4 members (excludes halogenated alkanes) is 13. The summed E-state index contributed by atoms with van der Waals surface area (Å²) in [5, 5.41) is 0. The number of esters is 3. The molecule has 0 rings (SSSR count). The molecular formula is C73H112O6. The molecule has 0 fully saturated rings. The van der Waals surface area contributed by atoms with Crippen molar-refractivity contribution in [1.82, 2.24) is 0 Å². The van der Waals surface area contributed by atoms with Gasteiger partial charge in [-0.25, -0.2) is 0 Å². The summed E-state index contributed by atoms with van der Waals surface area (Å²) in [6, 6.07) is 0. The molecule has 79 heavy (non-hydrogen) atoms. The maximum Gasteiger partial charge on any atom is 0.306 e. The van der Waals surface area contributed by atoms with Crippen LogP contribution in [0.25, 0.3) is 0 Å². The van der Waals surface area contributed by atoms with Crippen LogP contribution in [0.1, 0.15) is 239 Å². The van der Waals surface area contributed by atoms with E-state index in [1.807, 2.05) is 0 Å². The molecule has 0 spiro atoms. The van der Waals surface area contributed by atoms with E-state index in [-0.39, 0.29) is 37.5 Å². The van der Waals surface area contributed by atoms with Crippen LogP contribution in [0.4, 0.5) is 0 Å². The lowest BCUT2D eigenvalue weighted by molar-refractivity contribution is -0.167. The Kier molecular flexibility index (Phi) is 60.5. The monoisotopic (exact) mass is 1080 g/mol. The second-order valence-electron chi connectivity index (χ2n) is 19.8. The van der Waals surface area contributed by atoms with E-state index in [0.717, 1.165) is 199 Å². The second-order valence-corrected chi connectivity index (χ2v) is 19.8. The van der Waals surface area contributed by atoms with Gasteiger partial charge in [0, 0.05) is 19.3 Å². The molecule has 0 saturated heterocycles. The van der Waals surface area contributed by atoms with E-state index in [9.17, 15) is 14.4 Å². The molecule has 0 aromatic rings. The summed E-state index contributed by atoms with van der Waals surface area (Å²) >= 11 is 0. The van der Waals surface area contributed by atoms with Crippen LogP contribution in [0.3, 0.4) is 0 Å². The minimum Gasteiger partial charge on any atom is -0.462 e. The first-order valence-corrected chi connectivity index (χ1v) is 31.3. The van der Waals surface area contributed by atoms with Crippen LogP contribution in [-0.2, 0) is 28.6 Å². The summed E-state index contributed by atoms with van der Waals surface area (Å²) in [4.78, 5) is 38.3. The van der Waals surface area contributed by atoms with Crippen LogP contribution in [0, 0.1) is 0 Å². The first-order valence-electron chi connectivity index (χ1n) is 31.3. The van der Waals surface area contributed by atoms with Crippen molar-refractivity contribution in [2.45, 2.75) is 245 Å². The highest BCUT2D eigenvalue weighted by Crippen LogP contribution is 2.13. The highest BCUT2D eigenvalue weighted by Gasteiger charge is 2.19. The summed E-state index contributed by atoms with van der Waals surface area (Å²) in [5.74, 6) is -0.991. The lowest BCUT2D eigenvalue weighted by Crippen LogP contribution is -2.30. The third-order valence-electron chi connectivity index (χ3n) is 12.4. The van der Waals surface area contributed by atoms with Gasteiger partial charge < -0.3 is 14.2 Å². The molecule has 0 N–H and O–H groups in total. The van der Waals surface area contributed by atoms with Crippen molar-refractivity contribution in [3.8, 4) is 0 Å². The van der Waals surface area contributed by atoms with Gasteiger partial charge in [0.05, 0.1) is 0 Å². The predicted octanol–water partition coefficient (Wildman–Crippen LogP) is 21.7. The van der Waals surface area contributed by atoms with Crippen molar-refractivity contribution in [2.24, 2.45) is 0 Å². The highest BCUT2D eigenvalue weighted by atomic mass is 16.6. The van der Waals surface area contributed by atoms with Crippen molar-refractivity contribution >= 4 is 17.9 Å². The molecular weight excluding hydrogens is 973 g/mol. The zero-order valence-corrected chi connectivity index (χ0v) is 50.3. The summed E-state index contributed by atoms with van der Waals surface area (Å²) < 4.78 is 16.9. The van der Waals surface area contributed by atoms with Crippen LogP contribution < -0.4 is 0 Å². The van der Waals surface area contributed by atoms with E-state index in [1.54, 1.807) is 0 Å². The Morgan fingerprint density at radius 3 is 0.709 bits per heavy atom. The standard InChI is InChI=1S/C73H112O6/c1-4-7-10-13-16-19-22-25-28-31-33-35-36-38-39-42-45-48-51-54-57-60-63-66-72(75)78-69-70(68-77-71(74)65-62-59-56-53-50-47-44-41-30-27-24-21-18-15-12-9-6-3)79-73(76)67-64-61-58-55-52-49-46-43-40-37-34-32-29-26-23-20-17-14-11-8-5-2/h7-12,16-21,25-30,33-35,37-39,43-48,70H,4-6,13-15,22-24,31-32,36,40-42,49-69H2,1-3H3/b10-7-,11-8-,12-9-,19-16-,20-17-,21-18-,28-25-,29-26-,30-27-,35-33-,37-34-,39-38-,46-43-,47-44-,48-45-. The zero-order valence-electron chi connectivity index (χ0n) is 50.3. The van der Waals surface area contributed by atoms with Gasteiger partial charge in [0.2, 0.25) is 0 Å². The average molecular weight is 1090 g/mol. The van der Waals surface area contributed by atoms with E-state index in [2.05, 4.69) is 203 Å². The van der Waals surface area contributed by atoms with Gasteiger partial charge in [0.25, 0.3) is 0 Å². The fraction of sp³-hybridized carbons (Fsp3) is 0.548. The molecule has 0 aromatic carbocycles. The third kappa shape index (κ3) is 63.2. The van der Waals surface area contributed by atoms with Gasteiger partial charge in [0.15, 0.2) is 6.10 Å². The normalized spacial score (nSPS) is 13.4. The molecule has 6 heteroatoms. The van der Waals surface area contributed by atoms with E-state index >= 15 is 0 Å². The average Bonchev–Trinajstić information content (AvgIpc) is 3.45. The van der Waals surface area contributed by atoms with Crippen LogP contribution in [0.5, 0.6) is 0 Å². The first-order chi connectivity index (χ1) is 39.0. The number of hydrogen-bond donors (Lipinski definition) is 0. The molecule has 0 amide bonds. The van der Waals surface area contributed by atoms with Gasteiger partial charge in [-0.1, -0.05) is 248 Å². The maximum absolute atomic E-state index is 12.9. The van der Waals surface area contributed by atoms with Crippen molar-refractivity contribution < 1.29 is 28.6 Å². The summed E-state index contributed by atoms with van der Waals surface area (Å²) in [5.41, 5.74) is 0. The van der Waals surface area contributed by atoms with Crippen molar-refractivity contribution in [2.75, 3.05) is 13.2 Å². The molecule has 0 saturated carbocycles. The lowest BCUT2D eigenvalue weighted by Gasteiger charge is -2.18. The lowest BCUT2D eigenvalue weighted by atomic mass is 10.1. The van der Waals surface area contributed by atoms with Gasteiger partial charge in [0.1, 0.15) is 13.2 Å². The predicted molar refractivity (Wildman–Crippen MR) is 343 cm³/mol. The zero-order chi connectivity index (χ0) is 57.1. The van der Waals surface area contributed by atoms with Gasteiger partial charge in [-0.2, -0.15) is 0 Å². The Bertz CT molecular complexity index is 1870. The molecule has 0 heterocycles. The Labute approximate surface area is 484 Å². The number of rotatable bonds is 54. The third-order valence-corrected chi connectivity index (χ3v) is 12.4. The van der Waals surface area contributed by atoms with Crippen molar-refractivity contribution in [3.05, 3.63) is 182 Å². The Morgan fingerprint density at radius 2 is 0.456 bits per heavy atom. The maximum atomic E-state index is 12.9. The molecule has 0 aliphatic heterocycles. The van der Waals surface area contributed by atoms with Gasteiger partial charge in [-0.05, 0) is 154 Å². The molecule has 0 aromatic heterocycles. The number of carbonyl (C=O) groups excluding carboxylic acids is 3. The van der Waals surface area contributed by atoms with Gasteiger partial charge in [-0.3, -0.25) is 14.4 Å². The van der Waals surface area contributed by atoms with Gasteiger partial charge in [-0.15, -0.1) is 0 Å². The smallest absolute Gasteiger partial charge is 0.306 e. The quantitative estimate of drug-likeness (QED) is 0.0261. The Morgan fingerprint density at radius 1 is 0.253 bits per heavy atom. The van der Waals surface area contributed by atoms with Crippen LogP contribution in [0.15, 0.2) is 182 Å². The summed E-state index contributed by atoms with van der Waals surface area (Å²) in [7, 11) is 0. The SMILES string of the molecule is CC/C=C\C/C=C\C/C=C\C/C=C\C/C=C\C/C=C\CCCCCCC(=O)OCC(COC(=O)CCCCCC/C=C\C/C=C\C/C=C\C/C=C\CC)OC(=O)CCCCCCC/C=C\C/C=C\C/C=C\C/C=C\C/C=C\CC. The summed E-state index contributed by atoms with van der Waals surface area (Å²) in [6.45, 7) is 6.23. The topological polar surface area (TPSA) is 78.9 Å². The van der Waals surface area contributed by atoms with E-state index in [4.69, 9.17) is 14.2 Å². The van der Waals surface area contributed by atoms with E-state index in [1.165, 1.54) is 0 Å². The molecule has 1 unspecified atom stereocenters. The van der Waals surface area contributed by atoms with Crippen molar-refractivity contribution in [1.29, 1.82) is 0 Å². The molecule has 0 aliphatic rings. The largest absolute Gasteiger partial charge is 0.462 e. The molecule has 6 nitrogen and oxygen atoms in total. The molecule has 0 radical (unpaired) electrons. The van der Waals surface area contributed by atoms with Crippen LogP contribution in [-0.4, -0.2) is 37.2 Å².